The van der Waals surface area contributed by atoms with Gasteiger partial charge in [-0.3, -0.25) is 9.78 Å². The van der Waals surface area contributed by atoms with E-state index < -0.39 is 6.10 Å². The molecule has 0 saturated carbocycles. The molecule has 1 unspecified atom stereocenters. The van der Waals surface area contributed by atoms with E-state index >= 15 is 0 Å². The molecule has 1 fully saturated rings. The second-order valence-electron chi connectivity index (χ2n) is 6.58. The molecule has 6 nitrogen and oxygen atoms in total. The summed E-state index contributed by atoms with van der Waals surface area (Å²) < 4.78 is 10.9. The molecule has 150 valence electrons. The predicted octanol–water partition coefficient (Wildman–Crippen LogP) is 3.89. The maximum absolute atomic E-state index is 12.8. The number of aliphatic hydroxyl groups excluding tert-OH is 1. The van der Waals surface area contributed by atoms with Crippen molar-refractivity contribution in [1.29, 1.82) is 0 Å². The van der Waals surface area contributed by atoms with Crippen LogP contribution in [0.25, 0.3) is 0 Å². The Morgan fingerprint density at radius 3 is 2.89 bits per heavy atom. The van der Waals surface area contributed by atoms with Crippen LogP contribution in [0.5, 0.6) is 11.5 Å². The Balaban J connectivity index is 1.71. The second kappa shape index (κ2) is 9.45. The summed E-state index contributed by atoms with van der Waals surface area (Å²) in [5, 5.41) is 11.7. The lowest BCUT2D eigenvalue weighted by Crippen LogP contribution is -2.48. The van der Waals surface area contributed by atoms with Gasteiger partial charge in [-0.1, -0.05) is 23.2 Å². The van der Waals surface area contributed by atoms with Crippen molar-refractivity contribution in [2.24, 2.45) is 0 Å². The Labute approximate surface area is 174 Å². The van der Waals surface area contributed by atoms with Gasteiger partial charge in [0.1, 0.15) is 17.6 Å². The fourth-order valence-electron chi connectivity index (χ4n) is 3.40. The van der Waals surface area contributed by atoms with Crippen LogP contribution in [0, 0.1) is 0 Å². The molecule has 1 aliphatic rings. The Morgan fingerprint density at radius 2 is 2.14 bits per heavy atom. The summed E-state index contributed by atoms with van der Waals surface area (Å²) in [7, 11) is 1.54. The number of rotatable bonds is 6. The van der Waals surface area contributed by atoms with Crippen LogP contribution in [0.2, 0.25) is 10.0 Å². The first-order valence-corrected chi connectivity index (χ1v) is 9.80. The zero-order valence-corrected chi connectivity index (χ0v) is 17.0. The van der Waals surface area contributed by atoms with Crippen LogP contribution in [0.4, 0.5) is 0 Å². The van der Waals surface area contributed by atoms with Crippen molar-refractivity contribution in [3.05, 3.63) is 52.3 Å². The Kier molecular flexibility index (Phi) is 6.99. The largest absolute Gasteiger partial charge is 0.496 e. The normalized spacial score (nSPS) is 17.9. The van der Waals surface area contributed by atoms with Crippen molar-refractivity contribution in [2.75, 3.05) is 20.3 Å². The summed E-state index contributed by atoms with van der Waals surface area (Å²) >= 11 is 11.9. The van der Waals surface area contributed by atoms with E-state index in [-0.39, 0.29) is 18.6 Å². The number of likely N-dealkylation sites (tertiary alicyclic amines) is 1. The van der Waals surface area contributed by atoms with Gasteiger partial charge >= 0.3 is 0 Å². The van der Waals surface area contributed by atoms with Crippen LogP contribution in [-0.4, -0.2) is 47.2 Å². The van der Waals surface area contributed by atoms with Crippen molar-refractivity contribution in [2.45, 2.75) is 31.4 Å². The number of methoxy groups -OCH3 is 1. The van der Waals surface area contributed by atoms with Crippen molar-refractivity contribution in [3.63, 3.8) is 0 Å². The Morgan fingerprint density at radius 1 is 1.32 bits per heavy atom. The molecule has 0 spiro atoms. The fraction of sp³-hybridized carbons (Fsp3) is 0.400. The minimum atomic E-state index is -0.891. The zero-order valence-electron chi connectivity index (χ0n) is 15.5. The van der Waals surface area contributed by atoms with Gasteiger partial charge in [0, 0.05) is 30.6 Å². The molecular weight excluding hydrogens is 403 g/mol. The van der Waals surface area contributed by atoms with Crippen LogP contribution in [-0.2, 0) is 4.79 Å². The smallest absolute Gasteiger partial charge is 0.260 e. The maximum atomic E-state index is 12.8. The number of ether oxygens (including phenoxy) is 2. The lowest BCUT2D eigenvalue weighted by atomic mass is 9.93. The second-order valence-corrected chi connectivity index (χ2v) is 7.39. The van der Waals surface area contributed by atoms with Gasteiger partial charge < -0.3 is 19.5 Å². The number of nitrogens with zero attached hydrogens (tertiary/aromatic N) is 2. The number of carbonyl (C=O) groups excluding carboxylic acids is 1. The van der Waals surface area contributed by atoms with Gasteiger partial charge in [-0.15, -0.1) is 0 Å². The number of halogens is 2. The summed E-state index contributed by atoms with van der Waals surface area (Å²) in [5.41, 5.74) is 0.570. The molecule has 0 bridgehead atoms. The van der Waals surface area contributed by atoms with Crippen LogP contribution >= 0.6 is 23.2 Å². The number of carbonyl (C=O) groups is 1. The van der Waals surface area contributed by atoms with Crippen molar-refractivity contribution < 1.29 is 19.4 Å². The average molecular weight is 425 g/mol. The molecule has 2 atom stereocenters. The van der Waals surface area contributed by atoms with Crippen LogP contribution < -0.4 is 9.47 Å². The number of amides is 1. The van der Waals surface area contributed by atoms with Gasteiger partial charge in [0.25, 0.3) is 5.91 Å². The molecule has 28 heavy (non-hydrogen) atoms. The minimum Gasteiger partial charge on any atom is -0.496 e. The molecule has 1 aromatic carbocycles. The summed E-state index contributed by atoms with van der Waals surface area (Å²) in [6.45, 7) is 0.416. The van der Waals surface area contributed by atoms with Crippen LogP contribution in [0.15, 0.2) is 36.7 Å². The number of benzene rings is 1. The fourth-order valence-corrected chi connectivity index (χ4v) is 3.69. The summed E-state index contributed by atoms with van der Waals surface area (Å²) in [5.74, 6) is 0.816. The highest BCUT2D eigenvalue weighted by molar-refractivity contribution is 6.42. The SMILES string of the molecule is COc1ccncc1C(O)[C@@H]1CCCCN1C(=O)COc1ccc(Cl)c(Cl)c1. The third-order valence-electron chi connectivity index (χ3n) is 4.84. The first kappa shape index (κ1) is 20.7. The van der Waals surface area contributed by atoms with E-state index in [2.05, 4.69) is 4.98 Å². The molecule has 8 heteroatoms. The number of aromatic nitrogens is 1. The maximum Gasteiger partial charge on any atom is 0.260 e. The van der Waals surface area contributed by atoms with Gasteiger partial charge in [0.2, 0.25) is 0 Å². The highest BCUT2D eigenvalue weighted by Crippen LogP contribution is 2.33. The molecule has 2 aromatic rings. The van der Waals surface area contributed by atoms with Crippen molar-refractivity contribution in [1.82, 2.24) is 9.88 Å². The van der Waals surface area contributed by atoms with Gasteiger partial charge in [-0.25, -0.2) is 0 Å². The molecule has 3 rings (SSSR count). The number of aliphatic hydroxyl groups is 1. The lowest BCUT2D eigenvalue weighted by Gasteiger charge is -2.38. The van der Waals surface area contributed by atoms with E-state index in [0.717, 1.165) is 12.8 Å². The highest BCUT2D eigenvalue weighted by atomic mass is 35.5. The van der Waals surface area contributed by atoms with E-state index in [9.17, 15) is 9.90 Å². The van der Waals surface area contributed by atoms with Crippen LogP contribution in [0.3, 0.4) is 0 Å². The predicted molar refractivity (Wildman–Crippen MR) is 107 cm³/mol. The zero-order chi connectivity index (χ0) is 20.1. The van der Waals surface area contributed by atoms with Gasteiger partial charge in [0.05, 0.1) is 23.2 Å². The third kappa shape index (κ3) is 4.69. The quantitative estimate of drug-likeness (QED) is 0.761. The molecule has 0 radical (unpaired) electrons. The standard InChI is InChI=1S/C20H22Cl2N2O4/c1-27-18-7-8-23-11-14(18)20(26)17-4-2-3-9-24(17)19(25)12-28-13-5-6-15(21)16(22)10-13/h5-8,10-11,17,20,26H,2-4,9,12H2,1H3/t17-,20?/m0/s1. The van der Waals surface area contributed by atoms with E-state index in [1.54, 1.807) is 48.7 Å². The number of hydrogen-bond acceptors (Lipinski definition) is 5. The monoisotopic (exact) mass is 424 g/mol. The summed E-state index contributed by atoms with van der Waals surface area (Å²) in [6.07, 6.45) is 4.79. The molecule has 1 saturated heterocycles. The lowest BCUT2D eigenvalue weighted by molar-refractivity contribution is -0.140. The third-order valence-corrected chi connectivity index (χ3v) is 5.58. The molecule has 1 aromatic heterocycles. The first-order chi connectivity index (χ1) is 13.5. The van der Waals surface area contributed by atoms with Gasteiger partial charge in [0.15, 0.2) is 6.61 Å². The first-order valence-electron chi connectivity index (χ1n) is 9.04. The van der Waals surface area contributed by atoms with E-state index in [1.807, 2.05) is 0 Å². The van der Waals surface area contributed by atoms with Gasteiger partial charge in [-0.2, -0.15) is 0 Å². The van der Waals surface area contributed by atoms with Crippen molar-refractivity contribution in [3.8, 4) is 11.5 Å². The topological polar surface area (TPSA) is 71.9 Å². The molecule has 1 aliphatic heterocycles. The van der Waals surface area contributed by atoms with Crippen molar-refractivity contribution >= 4 is 29.1 Å². The highest BCUT2D eigenvalue weighted by Gasteiger charge is 2.34. The molecule has 1 amide bonds. The minimum absolute atomic E-state index is 0.147. The average Bonchev–Trinajstić information content (AvgIpc) is 2.73. The number of pyridine rings is 1. The number of hydrogen-bond donors (Lipinski definition) is 1. The van der Waals surface area contributed by atoms with Crippen LogP contribution in [0.1, 0.15) is 30.9 Å². The molecule has 0 aliphatic carbocycles. The van der Waals surface area contributed by atoms with E-state index in [4.69, 9.17) is 32.7 Å². The number of piperidine rings is 1. The Hall–Kier alpha value is -2.02. The molecule has 2 heterocycles. The summed E-state index contributed by atoms with van der Waals surface area (Å²) in [6, 6.07) is 6.18. The molecule has 1 N–H and O–H groups in total. The van der Waals surface area contributed by atoms with Gasteiger partial charge in [-0.05, 0) is 37.5 Å². The molecular formula is C20H22Cl2N2O4. The Bertz CT molecular complexity index is 834. The van der Waals surface area contributed by atoms with E-state index in [1.165, 1.54) is 0 Å². The summed E-state index contributed by atoms with van der Waals surface area (Å²) in [4.78, 5) is 18.6. The van der Waals surface area contributed by atoms with E-state index in [0.29, 0.717) is 40.1 Å².